The summed E-state index contributed by atoms with van der Waals surface area (Å²) >= 11 is 0. The highest BCUT2D eigenvalue weighted by molar-refractivity contribution is 5.76. The zero-order valence-electron chi connectivity index (χ0n) is 14.3. The van der Waals surface area contributed by atoms with Crippen LogP contribution in [0.25, 0.3) is 28.6 Å². The quantitative estimate of drug-likeness (QED) is 0.550. The van der Waals surface area contributed by atoms with E-state index in [0.29, 0.717) is 28.6 Å². The highest BCUT2D eigenvalue weighted by atomic mass is 19.1. The Balaban J connectivity index is 1.82. The Morgan fingerprint density at radius 3 is 2.81 bits per heavy atom. The minimum Gasteiger partial charge on any atom is -0.369 e. The van der Waals surface area contributed by atoms with E-state index in [1.54, 1.807) is 48.3 Å². The second-order valence-corrected chi connectivity index (χ2v) is 5.87. The molecule has 3 heterocycles. The molecule has 27 heavy (non-hydrogen) atoms. The second kappa shape index (κ2) is 6.48. The fourth-order valence-electron chi connectivity index (χ4n) is 2.74. The number of aromatic amines is 1. The number of primary amides is 1. The third kappa shape index (κ3) is 3.08. The molecule has 3 aromatic heterocycles. The maximum absolute atomic E-state index is 14.0. The van der Waals surface area contributed by atoms with Gasteiger partial charge in [0.25, 0.3) is 0 Å². The minimum absolute atomic E-state index is 0.105. The van der Waals surface area contributed by atoms with Crippen LogP contribution in [-0.4, -0.2) is 40.6 Å². The lowest BCUT2D eigenvalue weighted by atomic mass is 10.1. The van der Waals surface area contributed by atoms with Crippen molar-refractivity contribution in [1.82, 2.24) is 34.7 Å². The van der Waals surface area contributed by atoms with E-state index in [1.165, 1.54) is 10.7 Å². The number of carbonyl (C=O) groups is 1. The Hall–Kier alpha value is -3.82. The summed E-state index contributed by atoms with van der Waals surface area (Å²) in [6, 6.07) is 9.77. The molecule has 10 heteroatoms. The average Bonchev–Trinajstić information content (AvgIpc) is 3.34. The van der Waals surface area contributed by atoms with Gasteiger partial charge in [0.05, 0.1) is 18.3 Å². The van der Waals surface area contributed by atoms with Gasteiger partial charge in [-0.3, -0.25) is 14.6 Å². The van der Waals surface area contributed by atoms with Crippen LogP contribution in [0.4, 0.5) is 4.39 Å². The Kier molecular flexibility index (Phi) is 3.99. The summed E-state index contributed by atoms with van der Waals surface area (Å²) in [4.78, 5) is 15.7. The molecule has 0 atom stereocenters. The lowest BCUT2D eigenvalue weighted by Crippen LogP contribution is -2.15. The topological polar surface area (TPSA) is 120 Å². The van der Waals surface area contributed by atoms with Crippen LogP contribution in [0.5, 0.6) is 0 Å². The van der Waals surface area contributed by atoms with Gasteiger partial charge in [0, 0.05) is 18.7 Å². The molecule has 4 aromatic rings. The van der Waals surface area contributed by atoms with Gasteiger partial charge in [0.1, 0.15) is 11.5 Å². The van der Waals surface area contributed by atoms with E-state index in [4.69, 9.17) is 5.73 Å². The molecule has 0 radical (unpaired) electrons. The molecule has 4 rings (SSSR count). The van der Waals surface area contributed by atoms with Gasteiger partial charge in [0.2, 0.25) is 5.91 Å². The van der Waals surface area contributed by atoms with Crippen molar-refractivity contribution in [3.05, 3.63) is 54.2 Å². The first-order valence-electron chi connectivity index (χ1n) is 8.06. The van der Waals surface area contributed by atoms with Gasteiger partial charge in [-0.15, -0.1) is 5.10 Å². The standard InChI is InChI=1S/C17H15FN8O/c1-25-16(6-7-20-25)26-17(21-15(24-26)9-14(19)27)13-8-12(22-23-13)10-4-2-3-5-11(10)18/h2-8H,9H2,1H3,(H2,19,27)(H,22,23). The fourth-order valence-corrected chi connectivity index (χ4v) is 2.74. The van der Waals surface area contributed by atoms with Crippen molar-refractivity contribution in [2.75, 3.05) is 0 Å². The normalized spacial score (nSPS) is 11.0. The van der Waals surface area contributed by atoms with E-state index in [9.17, 15) is 9.18 Å². The molecule has 1 aromatic carbocycles. The molecular weight excluding hydrogens is 351 g/mol. The third-order valence-corrected chi connectivity index (χ3v) is 3.96. The minimum atomic E-state index is -0.541. The van der Waals surface area contributed by atoms with E-state index in [-0.39, 0.29) is 18.1 Å². The molecule has 0 aliphatic carbocycles. The van der Waals surface area contributed by atoms with Crippen molar-refractivity contribution >= 4 is 5.91 Å². The molecule has 0 bridgehead atoms. The van der Waals surface area contributed by atoms with Crippen LogP contribution in [0.2, 0.25) is 0 Å². The number of nitrogens with zero attached hydrogens (tertiary/aromatic N) is 6. The molecule has 0 fully saturated rings. The number of aryl methyl sites for hydroxylation is 1. The van der Waals surface area contributed by atoms with Gasteiger partial charge in [-0.2, -0.15) is 14.9 Å². The van der Waals surface area contributed by atoms with E-state index >= 15 is 0 Å². The first-order valence-corrected chi connectivity index (χ1v) is 8.06. The van der Waals surface area contributed by atoms with Crippen LogP contribution < -0.4 is 5.73 Å². The molecule has 136 valence electrons. The number of hydrogen-bond acceptors (Lipinski definition) is 5. The Morgan fingerprint density at radius 1 is 1.30 bits per heavy atom. The molecule has 0 unspecified atom stereocenters. The number of halogens is 1. The number of aromatic nitrogens is 7. The first-order chi connectivity index (χ1) is 13.0. The summed E-state index contributed by atoms with van der Waals surface area (Å²) in [6.07, 6.45) is 1.51. The van der Waals surface area contributed by atoms with Crippen LogP contribution >= 0.6 is 0 Å². The van der Waals surface area contributed by atoms with Gasteiger partial charge in [-0.1, -0.05) is 12.1 Å². The second-order valence-electron chi connectivity index (χ2n) is 5.87. The SMILES string of the molecule is Cn1nccc1-n1nc(CC(N)=O)nc1-c1cc(-c2ccccc2F)n[nH]1. The average molecular weight is 366 g/mol. The van der Waals surface area contributed by atoms with Gasteiger partial charge >= 0.3 is 0 Å². The molecule has 0 aliphatic rings. The number of nitrogens with two attached hydrogens (primary N) is 1. The lowest BCUT2D eigenvalue weighted by Gasteiger charge is -2.03. The van der Waals surface area contributed by atoms with Crippen LogP contribution in [0.1, 0.15) is 5.82 Å². The zero-order chi connectivity index (χ0) is 19.0. The molecule has 0 saturated carbocycles. The smallest absolute Gasteiger partial charge is 0.225 e. The van der Waals surface area contributed by atoms with Crippen LogP contribution in [0, 0.1) is 5.82 Å². The molecule has 0 aliphatic heterocycles. The molecule has 0 spiro atoms. The summed E-state index contributed by atoms with van der Waals surface area (Å²) in [5.41, 5.74) is 6.57. The van der Waals surface area contributed by atoms with Crippen molar-refractivity contribution in [2.45, 2.75) is 6.42 Å². The van der Waals surface area contributed by atoms with E-state index in [1.807, 2.05) is 0 Å². The van der Waals surface area contributed by atoms with Gasteiger partial charge in [0.15, 0.2) is 17.5 Å². The monoisotopic (exact) mass is 366 g/mol. The van der Waals surface area contributed by atoms with Crippen molar-refractivity contribution in [3.63, 3.8) is 0 Å². The van der Waals surface area contributed by atoms with Gasteiger partial charge < -0.3 is 5.73 Å². The van der Waals surface area contributed by atoms with Gasteiger partial charge in [-0.05, 0) is 18.2 Å². The van der Waals surface area contributed by atoms with Gasteiger partial charge in [-0.25, -0.2) is 9.37 Å². The van der Waals surface area contributed by atoms with Crippen LogP contribution in [0.3, 0.4) is 0 Å². The van der Waals surface area contributed by atoms with E-state index < -0.39 is 5.91 Å². The summed E-state index contributed by atoms with van der Waals surface area (Å²) in [7, 11) is 1.76. The summed E-state index contributed by atoms with van der Waals surface area (Å²) < 4.78 is 17.2. The molecule has 3 N–H and O–H groups in total. The lowest BCUT2D eigenvalue weighted by molar-refractivity contribution is -0.117. The Bertz CT molecular complexity index is 1130. The van der Waals surface area contributed by atoms with E-state index in [0.717, 1.165) is 0 Å². The molecule has 9 nitrogen and oxygen atoms in total. The summed E-state index contributed by atoms with van der Waals surface area (Å²) in [6.45, 7) is 0. The highest BCUT2D eigenvalue weighted by Gasteiger charge is 2.19. The largest absolute Gasteiger partial charge is 0.369 e. The number of amides is 1. The van der Waals surface area contributed by atoms with Crippen LogP contribution in [-0.2, 0) is 18.3 Å². The fraction of sp³-hybridized carbons (Fsp3) is 0.118. The third-order valence-electron chi connectivity index (χ3n) is 3.96. The van der Waals surface area contributed by atoms with Crippen molar-refractivity contribution in [2.24, 2.45) is 12.8 Å². The Labute approximate surface area is 152 Å². The predicted molar refractivity (Wildman–Crippen MR) is 94.0 cm³/mol. The number of rotatable bonds is 5. The molecule has 1 amide bonds. The maximum atomic E-state index is 14.0. The number of carbonyl (C=O) groups excluding carboxylic acids is 1. The summed E-state index contributed by atoms with van der Waals surface area (Å²) in [5, 5.41) is 15.5. The Morgan fingerprint density at radius 2 is 2.11 bits per heavy atom. The zero-order valence-corrected chi connectivity index (χ0v) is 14.3. The maximum Gasteiger partial charge on any atom is 0.225 e. The predicted octanol–water partition coefficient (Wildman–Crippen LogP) is 1.22. The number of benzene rings is 1. The summed E-state index contributed by atoms with van der Waals surface area (Å²) in [5.74, 6) is 0.388. The van der Waals surface area contributed by atoms with Crippen molar-refractivity contribution < 1.29 is 9.18 Å². The first kappa shape index (κ1) is 16.6. The highest BCUT2D eigenvalue weighted by Crippen LogP contribution is 2.26. The van der Waals surface area contributed by atoms with Crippen molar-refractivity contribution in [1.29, 1.82) is 0 Å². The molecular formula is C17H15FN8O. The molecule has 0 saturated heterocycles. The van der Waals surface area contributed by atoms with E-state index in [2.05, 4.69) is 25.4 Å². The number of H-pyrrole nitrogens is 1. The number of nitrogens with one attached hydrogen (secondary N) is 1. The van der Waals surface area contributed by atoms with Crippen LogP contribution in [0.15, 0.2) is 42.6 Å². The van der Waals surface area contributed by atoms with Crippen molar-refractivity contribution in [3.8, 4) is 28.6 Å². The number of hydrogen-bond donors (Lipinski definition) is 2.